The number of nitrogens with zero attached hydrogens (tertiary/aromatic N) is 5. The van der Waals surface area contributed by atoms with Gasteiger partial charge in [0, 0.05) is 36.6 Å². The van der Waals surface area contributed by atoms with Crippen molar-refractivity contribution in [3.8, 4) is 17.1 Å². The highest BCUT2D eigenvalue weighted by molar-refractivity contribution is 6.03. The number of ether oxygens (including phenoxy) is 1. The maximum Gasteiger partial charge on any atom is 0.328 e. The second-order valence-corrected chi connectivity index (χ2v) is 7.42. The molecule has 0 spiro atoms. The summed E-state index contributed by atoms with van der Waals surface area (Å²) in [5.41, 5.74) is 3.58. The van der Waals surface area contributed by atoms with E-state index in [9.17, 15) is 4.79 Å². The molecule has 2 amide bonds. The number of aryl methyl sites for hydroxylation is 1. The lowest BCUT2D eigenvalue weighted by Gasteiger charge is -2.32. The first-order valence-corrected chi connectivity index (χ1v) is 10.2. The molecule has 0 saturated heterocycles. The minimum atomic E-state index is -0.314. The number of fused-ring (bicyclic) bond motifs is 1. The van der Waals surface area contributed by atoms with Gasteiger partial charge in [-0.3, -0.25) is 15.2 Å². The Labute approximate surface area is 180 Å². The number of anilines is 3. The molecule has 0 aliphatic carbocycles. The highest BCUT2D eigenvalue weighted by Gasteiger charge is 2.28. The van der Waals surface area contributed by atoms with Crippen molar-refractivity contribution in [3.63, 3.8) is 0 Å². The summed E-state index contributed by atoms with van der Waals surface area (Å²) in [6, 6.07) is 7.08. The van der Waals surface area contributed by atoms with Crippen LogP contribution >= 0.6 is 0 Å². The van der Waals surface area contributed by atoms with Gasteiger partial charge in [0.1, 0.15) is 12.1 Å². The number of urea groups is 1. The molecular weight excluding hydrogens is 394 g/mol. The van der Waals surface area contributed by atoms with Gasteiger partial charge in [-0.1, -0.05) is 0 Å². The fourth-order valence-corrected chi connectivity index (χ4v) is 3.60. The van der Waals surface area contributed by atoms with Crippen LogP contribution in [0.2, 0.25) is 0 Å². The number of aromatic nitrogens is 4. The average Bonchev–Trinajstić information content (AvgIpc) is 2.76. The average molecular weight is 419 g/mol. The second kappa shape index (κ2) is 8.95. The van der Waals surface area contributed by atoms with E-state index in [2.05, 4.69) is 25.6 Å². The fourth-order valence-electron chi connectivity index (χ4n) is 3.60. The van der Waals surface area contributed by atoms with Gasteiger partial charge >= 0.3 is 6.03 Å². The number of rotatable bonds is 3. The summed E-state index contributed by atoms with van der Waals surface area (Å²) in [5.74, 6) is 1.31. The van der Waals surface area contributed by atoms with Crippen molar-refractivity contribution in [2.75, 3.05) is 29.2 Å². The van der Waals surface area contributed by atoms with Crippen molar-refractivity contribution in [1.29, 1.82) is 0 Å². The maximum absolute atomic E-state index is 13.4. The molecule has 9 nitrogen and oxygen atoms in total. The Morgan fingerprint density at radius 1 is 1.29 bits per heavy atom. The Hall–Kier alpha value is -3.75. The van der Waals surface area contributed by atoms with E-state index < -0.39 is 0 Å². The molecule has 0 fully saturated rings. The quantitative estimate of drug-likeness (QED) is 0.664. The zero-order chi connectivity index (χ0) is 21.8. The lowest BCUT2D eigenvalue weighted by Crippen LogP contribution is -2.43. The van der Waals surface area contributed by atoms with Crippen LogP contribution < -0.4 is 20.3 Å². The van der Waals surface area contributed by atoms with Gasteiger partial charge < -0.3 is 10.1 Å². The van der Waals surface area contributed by atoms with Crippen LogP contribution in [0, 0.1) is 6.92 Å². The van der Waals surface area contributed by atoms with E-state index in [1.807, 2.05) is 32.0 Å². The third-order valence-electron chi connectivity index (χ3n) is 5.28. The van der Waals surface area contributed by atoms with Crippen LogP contribution in [0.3, 0.4) is 0 Å². The number of hydrogen-bond donors (Lipinski definition) is 2. The zero-order valence-corrected chi connectivity index (χ0v) is 17.8. The topological polar surface area (TPSA) is 105 Å². The van der Waals surface area contributed by atoms with Crippen LogP contribution in [0.5, 0.6) is 5.88 Å². The van der Waals surface area contributed by atoms with Gasteiger partial charge in [0.05, 0.1) is 18.5 Å². The molecule has 3 aromatic heterocycles. The molecule has 0 saturated carbocycles. The second-order valence-electron chi connectivity index (χ2n) is 7.42. The van der Waals surface area contributed by atoms with Crippen molar-refractivity contribution < 1.29 is 9.53 Å². The first-order valence-electron chi connectivity index (χ1n) is 10.2. The third-order valence-corrected chi connectivity index (χ3v) is 5.28. The summed E-state index contributed by atoms with van der Waals surface area (Å²) in [6.07, 6.45) is 6.68. The van der Waals surface area contributed by atoms with Crippen molar-refractivity contribution in [2.45, 2.75) is 32.7 Å². The van der Waals surface area contributed by atoms with Gasteiger partial charge in [-0.05, 0) is 50.5 Å². The first-order chi connectivity index (χ1) is 15.1. The Bertz CT molecular complexity index is 1090. The minimum Gasteiger partial charge on any atom is -0.481 e. The molecule has 4 rings (SSSR count). The van der Waals surface area contributed by atoms with Gasteiger partial charge in [-0.15, -0.1) is 0 Å². The van der Waals surface area contributed by atoms with Gasteiger partial charge in [-0.2, -0.15) is 0 Å². The molecule has 2 N–H and O–H groups in total. The number of carbonyl (C=O) groups is 1. The molecule has 0 aromatic carbocycles. The molecule has 1 atom stereocenters. The van der Waals surface area contributed by atoms with E-state index in [4.69, 9.17) is 9.72 Å². The van der Waals surface area contributed by atoms with Crippen LogP contribution in [-0.4, -0.2) is 45.7 Å². The molecule has 1 aliphatic rings. The highest BCUT2D eigenvalue weighted by atomic mass is 16.5. The normalized spacial score (nSPS) is 15.8. The summed E-state index contributed by atoms with van der Waals surface area (Å²) in [7, 11) is 1.52. The molecule has 9 heteroatoms. The van der Waals surface area contributed by atoms with Crippen molar-refractivity contribution in [3.05, 3.63) is 48.5 Å². The van der Waals surface area contributed by atoms with Crippen LogP contribution in [0.1, 0.15) is 25.3 Å². The Morgan fingerprint density at radius 2 is 2.16 bits per heavy atom. The van der Waals surface area contributed by atoms with Crippen LogP contribution in [0.15, 0.2) is 43.0 Å². The van der Waals surface area contributed by atoms with E-state index in [0.29, 0.717) is 17.5 Å². The number of carbonyl (C=O) groups excluding carboxylic acids is 1. The summed E-state index contributed by atoms with van der Waals surface area (Å²) in [6.45, 7) is 4.87. The molecule has 0 radical (unpaired) electrons. The number of amides is 2. The molecule has 31 heavy (non-hydrogen) atoms. The lowest BCUT2D eigenvalue weighted by molar-refractivity contribution is 0.254. The molecular formula is C22H25N7O2. The van der Waals surface area contributed by atoms with E-state index in [1.54, 1.807) is 23.4 Å². The van der Waals surface area contributed by atoms with Gasteiger partial charge in [0.25, 0.3) is 0 Å². The first kappa shape index (κ1) is 20.5. The number of pyridine rings is 2. The predicted octanol–water partition coefficient (Wildman–Crippen LogP) is 3.88. The number of nitrogens with one attached hydrogen (secondary N) is 2. The molecule has 0 bridgehead atoms. The van der Waals surface area contributed by atoms with E-state index in [0.717, 1.165) is 41.9 Å². The van der Waals surface area contributed by atoms with Gasteiger partial charge in [0.15, 0.2) is 5.82 Å². The number of hydrogen-bond acceptors (Lipinski definition) is 7. The SMILES string of the molecule is COc1cc(NC(=O)N2c3nc(-c4cnccc4C)ccc3NCCC[C@H]2C)ncn1. The molecule has 3 aromatic rings. The van der Waals surface area contributed by atoms with Gasteiger partial charge in [0.2, 0.25) is 5.88 Å². The van der Waals surface area contributed by atoms with E-state index in [-0.39, 0.29) is 12.1 Å². The largest absolute Gasteiger partial charge is 0.481 e. The molecule has 160 valence electrons. The summed E-state index contributed by atoms with van der Waals surface area (Å²) in [4.78, 5) is 32.3. The highest BCUT2D eigenvalue weighted by Crippen LogP contribution is 2.33. The standard InChI is InChI=1S/C22H25N7O2/c1-14-8-10-23-12-16(14)17-6-7-18-21(27-17)29(15(2)5-4-9-24-18)22(30)28-19-11-20(31-3)26-13-25-19/h6-8,10-13,15,24H,4-5,9H2,1-3H3,(H,25,26,28,30)/t15-/m1/s1. The van der Waals surface area contributed by atoms with Gasteiger partial charge in [-0.25, -0.2) is 19.7 Å². The summed E-state index contributed by atoms with van der Waals surface area (Å²) in [5, 5.41) is 6.25. The van der Waals surface area contributed by atoms with Crippen molar-refractivity contribution in [2.24, 2.45) is 0 Å². The Balaban J connectivity index is 1.74. The van der Waals surface area contributed by atoms with Crippen molar-refractivity contribution >= 4 is 23.4 Å². The maximum atomic E-state index is 13.4. The lowest BCUT2D eigenvalue weighted by atomic mass is 10.1. The van der Waals surface area contributed by atoms with Crippen LogP contribution in [0.4, 0.5) is 22.1 Å². The summed E-state index contributed by atoms with van der Waals surface area (Å²) >= 11 is 0. The number of methoxy groups -OCH3 is 1. The molecule has 4 heterocycles. The molecule has 1 aliphatic heterocycles. The zero-order valence-electron chi connectivity index (χ0n) is 17.8. The third kappa shape index (κ3) is 4.40. The van der Waals surface area contributed by atoms with Crippen LogP contribution in [-0.2, 0) is 0 Å². The Kier molecular flexibility index (Phi) is 5.92. The minimum absolute atomic E-state index is 0.0534. The van der Waals surface area contributed by atoms with Crippen LogP contribution in [0.25, 0.3) is 11.3 Å². The van der Waals surface area contributed by atoms with Crippen molar-refractivity contribution in [1.82, 2.24) is 19.9 Å². The fraction of sp³-hybridized carbons (Fsp3) is 0.318. The monoisotopic (exact) mass is 419 g/mol. The molecule has 0 unspecified atom stereocenters. The smallest absolute Gasteiger partial charge is 0.328 e. The summed E-state index contributed by atoms with van der Waals surface area (Å²) < 4.78 is 5.13. The van der Waals surface area contributed by atoms with E-state index in [1.165, 1.54) is 13.4 Å². The Morgan fingerprint density at radius 3 is 2.97 bits per heavy atom. The van der Waals surface area contributed by atoms with E-state index >= 15 is 0 Å². The predicted molar refractivity (Wildman–Crippen MR) is 119 cm³/mol.